The monoisotopic (exact) mass is 339 g/mol. The molecule has 5 heteroatoms. The largest absolute Gasteiger partial charge is 0.299 e. The summed E-state index contributed by atoms with van der Waals surface area (Å²) in [6.07, 6.45) is 4.91. The third-order valence-corrected chi connectivity index (χ3v) is 7.09. The Morgan fingerprint density at radius 3 is 2.44 bits per heavy atom. The van der Waals surface area contributed by atoms with E-state index < -0.39 is 14.6 Å². The first-order valence-corrected chi connectivity index (χ1v) is 9.57. The minimum atomic E-state index is -3.00. The van der Waals surface area contributed by atoms with Crippen molar-refractivity contribution >= 4 is 25.8 Å². The summed E-state index contributed by atoms with van der Waals surface area (Å²) in [4.78, 5) is 2.35. The molecule has 1 fully saturated rings. The summed E-state index contributed by atoms with van der Waals surface area (Å²) in [6, 6.07) is 0.502. The van der Waals surface area contributed by atoms with E-state index in [-0.39, 0.29) is 5.75 Å². The Bertz CT molecular complexity index is 348. The van der Waals surface area contributed by atoms with Crippen LogP contribution in [-0.2, 0) is 9.84 Å². The van der Waals surface area contributed by atoms with Crippen molar-refractivity contribution in [3.63, 3.8) is 0 Å². The van der Waals surface area contributed by atoms with Crippen LogP contribution < -0.4 is 0 Å². The molecular weight excluding hydrogens is 314 g/mol. The van der Waals surface area contributed by atoms with Gasteiger partial charge in [0.15, 0.2) is 9.84 Å². The molecule has 1 rings (SSSR count). The summed E-state index contributed by atoms with van der Waals surface area (Å²) in [5, 5.41) is 0.947. The van der Waals surface area contributed by atoms with Gasteiger partial charge in [-0.3, -0.25) is 4.90 Å². The van der Waals surface area contributed by atoms with Gasteiger partial charge in [0.2, 0.25) is 0 Å². The van der Waals surface area contributed by atoms with Gasteiger partial charge in [-0.1, -0.05) is 28.8 Å². The third kappa shape index (κ3) is 4.49. The van der Waals surface area contributed by atoms with Crippen LogP contribution in [0.25, 0.3) is 0 Å². The summed E-state index contributed by atoms with van der Waals surface area (Å²) in [5.74, 6) is 0.278. The van der Waals surface area contributed by atoms with E-state index in [1.807, 2.05) is 0 Å². The molecule has 0 bridgehead atoms. The predicted octanol–water partition coefficient (Wildman–Crippen LogP) is 2.84. The van der Waals surface area contributed by atoms with E-state index in [0.29, 0.717) is 12.6 Å². The van der Waals surface area contributed by atoms with Gasteiger partial charge in [0.25, 0.3) is 0 Å². The van der Waals surface area contributed by atoms with Crippen LogP contribution in [0.4, 0.5) is 0 Å². The molecule has 0 aromatic heterocycles. The number of likely N-dealkylation sites (tertiary alicyclic amines) is 1. The molecule has 0 aromatic rings. The number of hydrogen-bond acceptors (Lipinski definition) is 3. The van der Waals surface area contributed by atoms with Gasteiger partial charge < -0.3 is 0 Å². The molecule has 1 atom stereocenters. The summed E-state index contributed by atoms with van der Waals surface area (Å²) < 4.78 is 23.6. The van der Waals surface area contributed by atoms with Crippen LogP contribution in [0.5, 0.6) is 0 Å². The molecule has 18 heavy (non-hydrogen) atoms. The first-order chi connectivity index (χ1) is 8.28. The fourth-order valence-electron chi connectivity index (χ4n) is 2.25. The molecule has 3 nitrogen and oxygen atoms in total. The van der Waals surface area contributed by atoms with Crippen molar-refractivity contribution in [1.82, 2.24) is 4.90 Å². The van der Waals surface area contributed by atoms with Crippen LogP contribution in [0.15, 0.2) is 0 Å². The molecule has 1 aliphatic heterocycles. The van der Waals surface area contributed by atoms with Crippen molar-refractivity contribution in [2.75, 3.05) is 24.2 Å². The van der Waals surface area contributed by atoms with Gasteiger partial charge in [0, 0.05) is 17.9 Å². The quantitative estimate of drug-likeness (QED) is 0.739. The van der Waals surface area contributed by atoms with Crippen molar-refractivity contribution < 1.29 is 8.42 Å². The highest BCUT2D eigenvalue weighted by atomic mass is 79.9. The highest BCUT2D eigenvalue weighted by Crippen LogP contribution is 2.20. The van der Waals surface area contributed by atoms with Gasteiger partial charge in [-0.05, 0) is 40.2 Å². The summed E-state index contributed by atoms with van der Waals surface area (Å²) in [7, 11) is -3.00. The first-order valence-electron chi connectivity index (χ1n) is 6.80. The van der Waals surface area contributed by atoms with E-state index in [2.05, 4.69) is 20.8 Å². The first kappa shape index (κ1) is 16.4. The van der Waals surface area contributed by atoms with Crippen molar-refractivity contribution in [2.24, 2.45) is 0 Å². The zero-order chi connectivity index (χ0) is 13.8. The second-order valence-corrected chi connectivity index (χ2v) is 9.63. The minimum absolute atomic E-state index is 0.278. The van der Waals surface area contributed by atoms with Crippen LogP contribution in [-0.4, -0.2) is 48.3 Å². The highest BCUT2D eigenvalue weighted by Gasteiger charge is 2.30. The predicted molar refractivity (Wildman–Crippen MR) is 81.2 cm³/mol. The topological polar surface area (TPSA) is 37.4 Å². The Morgan fingerprint density at radius 1 is 1.22 bits per heavy atom. The lowest BCUT2D eigenvalue weighted by molar-refractivity contribution is 0.230. The van der Waals surface area contributed by atoms with E-state index in [9.17, 15) is 8.42 Å². The van der Waals surface area contributed by atoms with E-state index in [4.69, 9.17) is 0 Å². The lowest BCUT2D eigenvalue weighted by Crippen LogP contribution is -2.42. The molecule has 0 aliphatic carbocycles. The Hall–Kier alpha value is 0.390. The van der Waals surface area contributed by atoms with Gasteiger partial charge >= 0.3 is 0 Å². The zero-order valence-corrected chi connectivity index (χ0v) is 14.2. The van der Waals surface area contributed by atoms with E-state index in [1.165, 1.54) is 25.7 Å². The minimum Gasteiger partial charge on any atom is -0.299 e. The summed E-state index contributed by atoms with van der Waals surface area (Å²) >= 11 is 3.55. The molecule has 0 amide bonds. The van der Waals surface area contributed by atoms with Crippen LogP contribution in [0.1, 0.15) is 46.5 Å². The number of rotatable bonds is 4. The maximum absolute atomic E-state index is 12.1. The smallest absolute Gasteiger partial charge is 0.156 e. The standard InChI is InChI=1S/C13H26BrNO2S/c1-13(2,3)18(16,17)10-9-15-8-6-4-5-7-12(15)11-14/h12H,4-11H2,1-3H3. The summed E-state index contributed by atoms with van der Waals surface area (Å²) in [5.41, 5.74) is 0. The molecule has 0 radical (unpaired) electrons. The molecule has 1 unspecified atom stereocenters. The molecule has 0 spiro atoms. The molecule has 1 heterocycles. The second-order valence-electron chi connectivity index (χ2n) is 6.12. The molecule has 1 saturated heterocycles. The fourth-order valence-corrected chi connectivity index (χ4v) is 4.07. The average Bonchev–Trinajstić information content (AvgIpc) is 2.49. The number of halogens is 1. The molecule has 1 aliphatic rings. The maximum Gasteiger partial charge on any atom is 0.156 e. The van der Waals surface area contributed by atoms with Crippen molar-refractivity contribution in [1.29, 1.82) is 0 Å². The molecule has 0 aromatic carbocycles. The van der Waals surface area contributed by atoms with Gasteiger partial charge in [0.05, 0.1) is 10.5 Å². The van der Waals surface area contributed by atoms with Crippen molar-refractivity contribution in [3.05, 3.63) is 0 Å². The molecule has 0 saturated carbocycles. The number of sulfone groups is 1. The van der Waals surface area contributed by atoms with E-state index in [1.54, 1.807) is 20.8 Å². The van der Waals surface area contributed by atoms with Crippen LogP contribution in [0.3, 0.4) is 0 Å². The lowest BCUT2D eigenvalue weighted by Gasteiger charge is -2.29. The second kappa shape index (κ2) is 6.71. The molecule has 108 valence electrons. The molecule has 0 N–H and O–H groups in total. The Labute approximate surface area is 120 Å². The summed E-state index contributed by atoms with van der Waals surface area (Å²) in [6.45, 7) is 7.07. The van der Waals surface area contributed by atoms with Gasteiger partial charge in [-0.25, -0.2) is 8.42 Å². The maximum atomic E-state index is 12.1. The number of nitrogens with zero attached hydrogens (tertiary/aromatic N) is 1. The zero-order valence-electron chi connectivity index (χ0n) is 11.8. The Kier molecular flexibility index (Phi) is 6.13. The van der Waals surface area contributed by atoms with E-state index in [0.717, 1.165) is 11.9 Å². The normalized spacial score (nSPS) is 23.9. The van der Waals surface area contributed by atoms with Crippen LogP contribution in [0, 0.1) is 0 Å². The van der Waals surface area contributed by atoms with Crippen molar-refractivity contribution in [2.45, 2.75) is 57.2 Å². The third-order valence-electron chi connectivity index (χ3n) is 3.76. The van der Waals surface area contributed by atoms with Gasteiger partial charge in [-0.15, -0.1) is 0 Å². The Morgan fingerprint density at radius 2 is 1.89 bits per heavy atom. The Balaban J connectivity index is 2.60. The SMILES string of the molecule is CC(C)(C)S(=O)(=O)CCN1CCCCCC1CBr. The average molecular weight is 340 g/mol. The molecular formula is C13H26BrNO2S. The van der Waals surface area contributed by atoms with Gasteiger partial charge in [0.1, 0.15) is 0 Å². The lowest BCUT2D eigenvalue weighted by atomic mass is 10.1. The van der Waals surface area contributed by atoms with Crippen molar-refractivity contribution in [3.8, 4) is 0 Å². The highest BCUT2D eigenvalue weighted by molar-refractivity contribution is 9.09. The number of hydrogen-bond donors (Lipinski definition) is 0. The number of alkyl halides is 1. The van der Waals surface area contributed by atoms with E-state index >= 15 is 0 Å². The van der Waals surface area contributed by atoms with Gasteiger partial charge in [-0.2, -0.15) is 0 Å². The van der Waals surface area contributed by atoms with Crippen LogP contribution >= 0.6 is 15.9 Å². The fraction of sp³-hybridized carbons (Fsp3) is 1.00. The van der Waals surface area contributed by atoms with Crippen LogP contribution in [0.2, 0.25) is 0 Å².